The second-order valence-corrected chi connectivity index (χ2v) is 7.03. The Morgan fingerprint density at radius 2 is 1.76 bits per heavy atom. The Morgan fingerprint density at radius 3 is 2.36 bits per heavy atom. The summed E-state index contributed by atoms with van der Waals surface area (Å²) < 4.78 is 10.5. The van der Waals surface area contributed by atoms with Gasteiger partial charge in [0, 0.05) is 18.0 Å². The summed E-state index contributed by atoms with van der Waals surface area (Å²) in [6, 6.07) is 5.09. The third-order valence-corrected chi connectivity index (χ3v) is 5.89. The summed E-state index contributed by atoms with van der Waals surface area (Å²) >= 11 is 0. The molecule has 132 valence electrons. The molecule has 6 heteroatoms. The zero-order chi connectivity index (χ0) is 17.7. The highest BCUT2D eigenvalue weighted by atomic mass is 16.5. The molecular weight excluding hydrogens is 322 g/mol. The molecular formula is C19H20NO5-. The fraction of sp³-hybridized carbons (Fsp3) is 0.474. The summed E-state index contributed by atoms with van der Waals surface area (Å²) in [5.41, 5.74) is 0.503. The molecule has 4 aliphatic rings. The van der Waals surface area contributed by atoms with E-state index in [0.717, 1.165) is 6.42 Å². The van der Waals surface area contributed by atoms with Crippen LogP contribution in [0.25, 0.3) is 0 Å². The second kappa shape index (κ2) is 5.79. The summed E-state index contributed by atoms with van der Waals surface area (Å²) in [6.45, 7) is 0. The monoisotopic (exact) mass is 342 g/mol. The molecule has 0 radical (unpaired) electrons. The molecule has 4 aliphatic carbocycles. The average Bonchev–Trinajstić information content (AvgIpc) is 3.43. The van der Waals surface area contributed by atoms with Crippen LogP contribution in [-0.2, 0) is 9.59 Å². The van der Waals surface area contributed by atoms with E-state index in [0.29, 0.717) is 29.0 Å². The fourth-order valence-electron chi connectivity index (χ4n) is 4.67. The van der Waals surface area contributed by atoms with Crippen molar-refractivity contribution in [2.45, 2.75) is 6.42 Å². The van der Waals surface area contributed by atoms with Crippen LogP contribution in [0.1, 0.15) is 6.42 Å². The number of anilines is 1. The van der Waals surface area contributed by atoms with Gasteiger partial charge in [0.05, 0.1) is 25.8 Å². The van der Waals surface area contributed by atoms with Crippen molar-refractivity contribution in [3.8, 4) is 11.5 Å². The maximum Gasteiger partial charge on any atom is 0.228 e. The van der Waals surface area contributed by atoms with Gasteiger partial charge in [0.25, 0.3) is 0 Å². The zero-order valence-corrected chi connectivity index (χ0v) is 14.1. The smallest absolute Gasteiger partial charge is 0.228 e. The number of nitrogens with one attached hydrogen (secondary N) is 1. The van der Waals surface area contributed by atoms with Gasteiger partial charge in [0.15, 0.2) is 0 Å². The molecule has 0 saturated heterocycles. The van der Waals surface area contributed by atoms with Crippen molar-refractivity contribution in [3.63, 3.8) is 0 Å². The van der Waals surface area contributed by atoms with E-state index in [4.69, 9.17) is 9.47 Å². The van der Waals surface area contributed by atoms with Gasteiger partial charge >= 0.3 is 0 Å². The molecule has 1 amide bonds. The minimum atomic E-state index is -1.13. The number of carboxylic acids is 1. The van der Waals surface area contributed by atoms with E-state index >= 15 is 0 Å². The molecule has 0 spiro atoms. The maximum absolute atomic E-state index is 12.9. The SMILES string of the molecule is COc1ccc(NC(=O)C2C3C=CC(C4CC34)C2C(=O)[O-])c(OC)c1. The standard InChI is InChI=1S/C19H21NO5/c1-24-9-3-6-14(15(7-9)25-2)20-18(21)16-10-4-5-11(13-8-12(10)13)17(16)19(22)23/h3-7,10-13,16-17H,8H2,1-2H3,(H,20,21)(H,22,23)/p-1. The lowest BCUT2D eigenvalue weighted by Crippen LogP contribution is -2.52. The number of carboxylic acid groups (broad SMARTS) is 1. The van der Waals surface area contributed by atoms with E-state index in [-0.39, 0.29) is 17.7 Å². The van der Waals surface area contributed by atoms with Gasteiger partial charge in [-0.2, -0.15) is 0 Å². The van der Waals surface area contributed by atoms with Crippen molar-refractivity contribution in [2.75, 3.05) is 19.5 Å². The number of amides is 1. The number of fused-ring (bicyclic) bond motifs is 1. The summed E-state index contributed by atoms with van der Waals surface area (Å²) in [5, 5.41) is 14.6. The normalized spacial score (nSPS) is 34.2. The third-order valence-electron chi connectivity index (χ3n) is 5.89. The number of hydrogen-bond donors (Lipinski definition) is 1. The number of carbonyl (C=O) groups is 2. The molecule has 6 unspecified atom stereocenters. The first-order chi connectivity index (χ1) is 12.0. The van der Waals surface area contributed by atoms with E-state index in [1.54, 1.807) is 25.3 Å². The number of hydrogen-bond acceptors (Lipinski definition) is 5. The lowest BCUT2D eigenvalue weighted by Gasteiger charge is -2.44. The van der Waals surface area contributed by atoms with Crippen LogP contribution in [0.4, 0.5) is 5.69 Å². The number of methoxy groups -OCH3 is 2. The zero-order valence-electron chi connectivity index (χ0n) is 14.1. The lowest BCUT2D eigenvalue weighted by molar-refractivity contribution is -0.316. The van der Waals surface area contributed by atoms with E-state index in [2.05, 4.69) is 5.32 Å². The fourth-order valence-corrected chi connectivity index (χ4v) is 4.67. The molecule has 6 atom stereocenters. The van der Waals surface area contributed by atoms with Gasteiger partial charge in [-0.15, -0.1) is 0 Å². The minimum Gasteiger partial charge on any atom is -0.550 e. The number of carbonyl (C=O) groups excluding carboxylic acids is 2. The van der Waals surface area contributed by atoms with E-state index < -0.39 is 17.8 Å². The molecule has 2 bridgehead atoms. The van der Waals surface area contributed by atoms with Gasteiger partial charge < -0.3 is 24.7 Å². The van der Waals surface area contributed by atoms with Crippen LogP contribution in [0.5, 0.6) is 11.5 Å². The van der Waals surface area contributed by atoms with Crippen LogP contribution in [0.15, 0.2) is 30.4 Å². The summed E-state index contributed by atoms with van der Waals surface area (Å²) in [5.74, 6) is -0.985. The molecule has 0 aliphatic heterocycles. The first kappa shape index (κ1) is 16.0. The third kappa shape index (κ3) is 2.47. The van der Waals surface area contributed by atoms with Crippen molar-refractivity contribution in [1.29, 1.82) is 0 Å². The maximum atomic E-state index is 12.9. The molecule has 2 saturated carbocycles. The molecule has 1 aromatic rings. The van der Waals surface area contributed by atoms with Gasteiger partial charge in [-0.05, 0) is 42.2 Å². The van der Waals surface area contributed by atoms with Crippen molar-refractivity contribution in [3.05, 3.63) is 30.4 Å². The number of benzene rings is 1. The first-order valence-electron chi connectivity index (χ1n) is 8.47. The number of allylic oxidation sites excluding steroid dienone is 2. The van der Waals surface area contributed by atoms with E-state index in [9.17, 15) is 14.7 Å². The molecule has 5 rings (SSSR count). The van der Waals surface area contributed by atoms with Gasteiger partial charge in [-0.3, -0.25) is 4.79 Å². The molecule has 2 fully saturated rings. The number of rotatable bonds is 5. The highest BCUT2D eigenvalue weighted by molar-refractivity contribution is 5.97. The topological polar surface area (TPSA) is 87.7 Å². The Kier molecular flexibility index (Phi) is 3.71. The van der Waals surface area contributed by atoms with Crippen molar-refractivity contribution in [1.82, 2.24) is 0 Å². The largest absolute Gasteiger partial charge is 0.550 e. The highest BCUT2D eigenvalue weighted by Crippen LogP contribution is 2.63. The van der Waals surface area contributed by atoms with Crippen molar-refractivity contribution in [2.24, 2.45) is 35.5 Å². The van der Waals surface area contributed by atoms with Crippen LogP contribution in [0.3, 0.4) is 0 Å². The highest BCUT2D eigenvalue weighted by Gasteiger charge is 2.61. The summed E-state index contributed by atoms with van der Waals surface area (Å²) in [7, 11) is 3.06. The van der Waals surface area contributed by atoms with Crippen LogP contribution in [-0.4, -0.2) is 26.1 Å². The van der Waals surface area contributed by atoms with Crippen molar-refractivity contribution < 1.29 is 24.2 Å². The Bertz CT molecular complexity index is 758. The minimum absolute atomic E-state index is 0.0258. The van der Waals surface area contributed by atoms with Gasteiger partial charge in [0.2, 0.25) is 5.91 Å². The summed E-state index contributed by atoms with van der Waals surface area (Å²) in [6.07, 6.45) is 4.99. The molecule has 0 heterocycles. The average molecular weight is 342 g/mol. The second-order valence-electron chi connectivity index (χ2n) is 7.03. The van der Waals surface area contributed by atoms with Gasteiger partial charge in [-0.25, -0.2) is 0 Å². The predicted octanol–water partition coefficient (Wildman–Crippen LogP) is 1.08. The van der Waals surface area contributed by atoms with Crippen molar-refractivity contribution >= 4 is 17.6 Å². The van der Waals surface area contributed by atoms with Gasteiger partial charge in [0.1, 0.15) is 11.5 Å². The Labute approximate surface area is 145 Å². The first-order valence-corrected chi connectivity index (χ1v) is 8.47. The number of aliphatic carboxylic acids is 1. The summed E-state index contributed by atoms with van der Waals surface area (Å²) in [4.78, 5) is 24.7. The quantitative estimate of drug-likeness (QED) is 0.809. The molecule has 6 nitrogen and oxygen atoms in total. The molecule has 25 heavy (non-hydrogen) atoms. The Balaban J connectivity index is 1.60. The van der Waals surface area contributed by atoms with Crippen LogP contribution < -0.4 is 19.9 Å². The van der Waals surface area contributed by atoms with Crippen LogP contribution in [0.2, 0.25) is 0 Å². The van der Waals surface area contributed by atoms with E-state index in [1.165, 1.54) is 7.11 Å². The van der Waals surface area contributed by atoms with Crippen LogP contribution in [0, 0.1) is 35.5 Å². The molecule has 0 aromatic heterocycles. The Hall–Kier alpha value is -2.50. The Morgan fingerprint density at radius 1 is 1.08 bits per heavy atom. The van der Waals surface area contributed by atoms with Gasteiger partial charge in [-0.1, -0.05) is 12.2 Å². The van der Waals surface area contributed by atoms with E-state index in [1.807, 2.05) is 12.2 Å². The molecule has 1 N–H and O–H groups in total. The predicted molar refractivity (Wildman–Crippen MR) is 87.9 cm³/mol. The molecule has 1 aromatic carbocycles. The van der Waals surface area contributed by atoms with Crippen LogP contribution >= 0.6 is 0 Å². The lowest BCUT2D eigenvalue weighted by atomic mass is 9.62. The number of ether oxygens (including phenoxy) is 2.